The van der Waals surface area contributed by atoms with Crippen molar-refractivity contribution in [3.63, 3.8) is 0 Å². The molecule has 1 saturated heterocycles. The Balaban J connectivity index is 1.50. The van der Waals surface area contributed by atoms with Gasteiger partial charge in [0.25, 0.3) is 5.91 Å². The van der Waals surface area contributed by atoms with Crippen molar-refractivity contribution in [3.8, 4) is 11.6 Å². The molecule has 3 heterocycles. The van der Waals surface area contributed by atoms with Crippen LogP contribution in [0.5, 0.6) is 0 Å². The fourth-order valence-corrected chi connectivity index (χ4v) is 3.20. The summed E-state index contributed by atoms with van der Waals surface area (Å²) in [6.07, 6.45) is 3.21. The van der Waals surface area contributed by atoms with Gasteiger partial charge in [0, 0.05) is 30.5 Å². The second kappa shape index (κ2) is 6.90. The van der Waals surface area contributed by atoms with E-state index in [4.69, 9.17) is 4.52 Å². The lowest BCUT2D eigenvalue weighted by Gasteiger charge is -2.31. The van der Waals surface area contributed by atoms with Gasteiger partial charge < -0.3 is 14.4 Å². The summed E-state index contributed by atoms with van der Waals surface area (Å²) < 4.78 is 31.9. The SMILES string of the molecule is Cc1cnc(-c2noc([C@H]3CCCN(C(=O)c4ccc(F)c(F)c4)C3)n2)[nH]1. The number of H-pyrrole nitrogens is 1. The maximum atomic E-state index is 13.4. The van der Waals surface area contributed by atoms with Crippen molar-refractivity contribution in [2.24, 2.45) is 0 Å². The zero-order chi connectivity index (χ0) is 19.0. The first-order valence-electron chi connectivity index (χ1n) is 8.61. The van der Waals surface area contributed by atoms with Crippen LogP contribution < -0.4 is 0 Å². The third-order valence-electron chi connectivity index (χ3n) is 4.58. The van der Waals surface area contributed by atoms with E-state index in [0.29, 0.717) is 30.6 Å². The molecule has 1 amide bonds. The van der Waals surface area contributed by atoms with E-state index in [-0.39, 0.29) is 17.4 Å². The van der Waals surface area contributed by atoms with Crippen LogP contribution in [0.15, 0.2) is 28.9 Å². The monoisotopic (exact) mass is 373 g/mol. The molecule has 9 heteroatoms. The number of hydrogen-bond donors (Lipinski definition) is 1. The molecule has 0 radical (unpaired) electrons. The van der Waals surface area contributed by atoms with E-state index in [0.717, 1.165) is 30.7 Å². The summed E-state index contributed by atoms with van der Waals surface area (Å²) in [7, 11) is 0. The first-order chi connectivity index (χ1) is 13.0. The molecule has 0 bridgehead atoms. The average molecular weight is 373 g/mol. The Morgan fingerprint density at radius 3 is 2.93 bits per heavy atom. The number of hydrogen-bond acceptors (Lipinski definition) is 5. The zero-order valence-electron chi connectivity index (χ0n) is 14.6. The van der Waals surface area contributed by atoms with E-state index in [9.17, 15) is 13.6 Å². The third kappa shape index (κ3) is 3.44. The molecule has 0 aliphatic carbocycles. The predicted octanol–water partition coefficient (Wildman–Crippen LogP) is 3.07. The van der Waals surface area contributed by atoms with Crippen molar-refractivity contribution >= 4 is 5.91 Å². The molecule has 140 valence electrons. The summed E-state index contributed by atoms with van der Waals surface area (Å²) in [5.41, 5.74) is 1.00. The Morgan fingerprint density at radius 2 is 2.19 bits per heavy atom. The Morgan fingerprint density at radius 1 is 1.33 bits per heavy atom. The highest BCUT2D eigenvalue weighted by Crippen LogP contribution is 2.28. The molecular weight excluding hydrogens is 356 g/mol. The number of likely N-dealkylation sites (tertiary alicyclic amines) is 1. The molecule has 1 aliphatic heterocycles. The van der Waals surface area contributed by atoms with Gasteiger partial charge in [-0.05, 0) is 38.0 Å². The number of piperidine rings is 1. The van der Waals surface area contributed by atoms with Gasteiger partial charge in [0.2, 0.25) is 11.7 Å². The maximum absolute atomic E-state index is 13.4. The molecule has 0 spiro atoms. The second-order valence-electron chi connectivity index (χ2n) is 6.59. The normalized spacial score (nSPS) is 17.3. The summed E-state index contributed by atoms with van der Waals surface area (Å²) in [6, 6.07) is 3.17. The number of carbonyl (C=O) groups is 1. The molecule has 2 aromatic heterocycles. The van der Waals surface area contributed by atoms with Crippen LogP contribution in [-0.4, -0.2) is 44.0 Å². The molecule has 3 aromatic rings. The smallest absolute Gasteiger partial charge is 0.253 e. The highest BCUT2D eigenvalue weighted by molar-refractivity contribution is 5.94. The first-order valence-corrected chi connectivity index (χ1v) is 8.61. The molecule has 1 aromatic carbocycles. The van der Waals surface area contributed by atoms with Crippen LogP contribution in [0.3, 0.4) is 0 Å². The number of aromatic nitrogens is 4. The van der Waals surface area contributed by atoms with Crippen molar-refractivity contribution in [2.75, 3.05) is 13.1 Å². The number of aromatic amines is 1. The van der Waals surface area contributed by atoms with E-state index in [1.807, 2.05) is 6.92 Å². The minimum Gasteiger partial charge on any atom is -0.339 e. The summed E-state index contributed by atoms with van der Waals surface area (Å²) in [5.74, 6) is -1.17. The molecule has 4 rings (SSSR count). The molecular formula is C18H17F2N5O2. The number of halogens is 2. The van der Waals surface area contributed by atoms with Crippen LogP contribution in [0.2, 0.25) is 0 Å². The summed E-state index contributed by atoms with van der Waals surface area (Å²) in [6.45, 7) is 2.78. The Bertz CT molecular complexity index is 984. The highest BCUT2D eigenvalue weighted by atomic mass is 19.2. The fraction of sp³-hybridized carbons (Fsp3) is 0.333. The summed E-state index contributed by atoms with van der Waals surface area (Å²) in [4.78, 5) is 25.8. The van der Waals surface area contributed by atoms with E-state index in [2.05, 4.69) is 20.1 Å². The molecule has 1 atom stereocenters. The van der Waals surface area contributed by atoms with Crippen LogP contribution in [0.4, 0.5) is 8.78 Å². The summed E-state index contributed by atoms with van der Waals surface area (Å²) in [5, 5.41) is 3.95. The number of aryl methyl sites for hydroxylation is 1. The lowest BCUT2D eigenvalue weighted by Crippen LogP contribution is -2.39. The number of imidazole rings is 1. The van der Waals surface area contributed by atoms with Gasteiger partial charge in [-0.2, -0.15) is 4.98 Å². The quantitative estimate of drug-likeness (QED) is 0.762. The molecule has 27 heavy (non-hydrogen) atoms. The van der Waals surface area contributed by atoms with Gasteiger partial charge in [0.05, 0.1) is 5.92 Å². The van der Waals surface area contributed by atoms with Gasteiger partial charge in [0.15, 0.2) is 17.5 Å². The zero-order valence-corrected chi connectivity index (χ0v) is 14.6. The van der Waals surface area contributed by atoms with Gasteiger partial charge in [-0.1, -0.05) is 5.16 Å². The molecule has 1 fully saturated rings. The third-order valence-corrected chi connectivity index (χ3v) is 4.58. The van der Waals surface area contributed by atoms with E-state index in [1.165, 1.54) is 6.07 Å². The van der Waals surface area contributed by atoms with E-state index < -0.39 is 11.6 Å². The van der Waals surface area contributed by atoms with Gasteiger partial charge in [-0.3, -0.25) is 4.79 Å². The number of amides is 1. The number of carbonyl (C=O) groups excluding carboxylic acids is 1. The summed E-state index contributed by atoms with van der Waals surface area (Å²) >= 11 is 0. The number of rotatable bonds is 3. The van der Waals surface area contributed by atoms with Crippen molar-refractivity contribution in [1.82, 2.24) is 25.0 Å². The fourth-order valence-electron chi connectivity index (χ4n) is 3.20. The largest absolute Gasteiger partial charge is 0.339 e. The van der Waals surface area contributed by atoms with Crippen LogP contribution in [0, 0.1) is 18.6 Å². The number of nitrogens with zero attached hydrogens (tertiary/aromatic N) is 4. The average Bonchev–Trinajstić information content (AvgIpc) is 3.32. The van der Waals surface area contributed by atoms with E-state index in [1.54, 1.807) is 11.1 Å². The van der Waals surface area contributed by atoms with Crippen LogP contribution in [0.25, 0.3) is 11.6 Å². The second-order valence-corrected chi connectivity index (χ2v) is 6.59. The topological polar surface area (TPSA) is 87.9 Å². The van der Waals surface area contributed by atoms with Gasteiger partial charge >= 0.3 is 0 Å². The first kappa shape index (κ1) is 17.3. The van der Waals surface area contributed by atoms with Crippen LogP contribution >= 0.6 is 0 Å². The molecule has 0 unspecified atom stereocenters. The lowest BCUT2D eigenvalue weighted by molar-refractivity contribution is 0.0695. The highest BCUT2D eigenvalue weighted by Gasteiger charge is 2.29. The Hall–Kier alpha value is -3.10. The van der Waals surface area contributed by atoms with Gasteiger partial charge in [-0.25, -0.2) is 13.8 Å². The maximum Gasteiger partial charge on any atom is 0.253 e. The van der Waals surface area contributed by atoms with E-state index >= 15 is 0 Å². The molecule has 0 saturated carbocycles. The standard InChI is InChI=1S/C18H17F2N5O2/c1-10-8-21-15(22-10)16-23-17(27-24-16)12-3-2-6-25(9-12)18(26)11-4-5-13(19)14(20)7-11/h4-5,7-8,12H,2-3,6,9H2,1H3,(H,21,22)/t12-/m0/s1. The predicted molar refractivity (Wildman–Crippen MR) is 90.9 cm³/mol. The molecule has 1 aliphatic rings. The van der Waals surface area contributed by atoms with Crippen molar-refractivity contribution < 1.29 is 18.1 Å². The number of nitrogens with one attached hydrogen (secondary N) is 1. The van der Waals surface area contributed by atoms with Crippen molar-refractivity contribution in [3.05, 3.63) is 53.2 Å². The minimum atomic E-state index is -1.04. The Labute approximate surface area is 153 Å². The van der Waals surface area contributed by atoms with Gasteiger partial charge in [-0.15, -0.1) is 0 Å². The minimum absolute atomic E-state index is 0.117. The van der Waals surface area contributed by atoms with Crippen LogP contribution in [-0.2, 0) is 0 Å². The van der Waals surface area contributed by atoms with Crippen molar-refractivity contribution in [1.29, 1.82) is 0 Å². The lowest BCUT2D eigenvalue weighted by atomic mass is 9.97. The van der Waals surface area contributed by atoms with Crippen molar-refractivity contribution in [2.45, 2.75) is 25.7 Å². The van der Waals surface area contributed by atoms with Gasteiger partial charge in [0.1, 0.15) is 0 Å². The van der Waals surface area contributed by atoms with Crippen LogP contribution in [0.1, 0.15) is 40.7 Å². The molecule has 7 nitrogen and oxygen atoms in total. The molecule has 1 N–H and O–H groups in total. The Kier molecular flexibility index (Phi) is 4.43. The number of benzene rings is 1.